The lowest BCUT2D eigenvalue weighted by Gasteiger charge is -2.07. The number of rotatable bonds is 13. The minimum Gasteiger partial charge on any atom is -0.493 e. The summed E-state index contributed by atoms with van der Waals surface area (Å²) in [6.45, 7) is 0. The van der Waals surface area contributed by atoms with Crippen molar-refractivity contribution in [3.05, 3.63) is 130 Å². The first-order chi connectivity index (χ1) is 26.5. The maximum Gasteiger partial charge on any atom is 0.161 e. The topological polar surface area (TPSA) is 36.9 Å². The lowest BCUT2D eigenvalue weighted by atomic mass is 10.1. The first-order valence-corrected chi connectivity index (χ1v) is 21.9. The Labute approximate surface area is 339 Å². The highest BCUT2D eigenvalue weighted by atomic mass is 32.1. The standard InChI is InChI=1S/C44H34O4S6/c1-45-31-15-11-27(23-33(31)47-3)9-13-29-25-41(35-7-5-21-49-35)53-43(29)39-19-17-37(51-39)38-18-20-40(52-38)44-30(26-42(54-44)36-8-6-22-50-36)14-10-28-12-16-32(46-2)34(24-28)48-4/h5-26H,1-4H3/b13-9+,14-10+. The molecule has 54 heavy (non-hydrogen) atoms. The summed E-state index contributed by atoms with van der Waals surface area (Å²) in [5, 5.41) is 4.28. The average molecular weight is 819 g/mol. The van der Waals surface area contributed by atoms with Gasteiger partial charge in [-0.25, -0.2) is 0 Å². The molecule has 8 rings (SSSR count). The van der Waals surface area contributed by atoms with Gasteiger partial charge in [0.1, 0.15) is 0 Å². The molecule has 6 aromatic heterocycles. The molecule has 10 heteroatoms. The molecule has 270 valence electrons. The first-order valence-electron chi connectivity index (χ1n) is 16.9. The van der Waals surface area contributed by atoms with Crippen molar-refractivity contribution in [3.8, 4) is 71.8 Å². The van der Waals surface area contributed by atoms with Gasteiger partial charge in [0.05, 0.1) is 38.2 Å². The third-order valence-electron chi connectivity index (χ3n) is 8.68. The Morgan fingerprint density at radius 3 is 1.19 bits per heavy atom. The molecule has 0 amide bonds. The minimum absolute atomic E-state index is 0.717. The molecule has 0 unspecified atom stereocenters. The molecular weight excluding hydrogens is 785 g/mol. The van der Waals surface area contributed by atoms with E-state index < -0.39 is 0 Å². The van der Waals surface area contributed by atoms with Gasteiger partial charge < -0.3 is 18.9 Å². The van der Waals surface area contributed by atoms with E-state index in [1.54, 1.807) is 51.1 Å². The quantitative estimate of drug-likeness (QED) is 0.116. The number of benzene rings is 2. The summed E-state index contributed by atoms with van der Waals surface area (Å²) >= 11 is 10.9. The van der Waals surface area contributed by atoms with Crippen molar-refractivity contribution in [1.82, 2.24) is 0 Å². The van der Waals surface area contributed by atoms with E-state index in [1.807, 2.05) is 69.6 Å². The van der Waals surface area contributed by atoms with E-state index in [0.29, 0.717) is 11.5 Å². The van der Waals surface area contributed by atoms with E-state index >= 15 is 0 Å². The van der Waals surface area contributed by atoms with Crippen LogP contribution in [0, 0.1) is 0 Å². The zero-order valence-electron chi connectivity index (χ0n) is 29.8. The van der Waals surface area contributed by atoms with Gasteiger partial charge in [0.15, 0.2) is 23.0 Å². The monoisotopic (exact) mass is 818 g/mol. The van der Waals surface area contributed by atoms with Gasteiger partial charge in [-0.1, -0.05) is 48.6 Å². The molecule has 2 aromatic carbocycles. The van der Waals surface area contributed by atoms with Crippen LogP contribution in [0.15, 0.2) is 108 Å². The molecule has 0 bridgehead atoms. The van der Waals surface area contributed by atoms with E-state index in [1.165, 1.54) is 59.9 Å². The van der Waals surface area contributed by atoms with E-state index in [4.69, 9.17) is 18.9 Å². The molecule has 0 atom stereocenters. The van der Waals surface area contributed by atoms with Crippen molar-refractivity contribution >= 4 is 92.3 Å². The predicted molar refractivity (Wildman–Crippen MR) is 238 cm³/mol. The van der Waals surface area contributed by atoms with Crippen LogP contribution in [-0.4, -0.2) is 28.4 Å². The Balaban J connectivity index is 1.11. The molecule has 4 nitrogen and oxygen atoms in total. The molecule has 0 aliphatic heterocycles. The second kappa shape index (κ2) is 16.4. The smallest absolute Gasteiger partial charge is 0.161 e. The van der Waals surface area contributed by atoms with E-state index in [9.17, 15) is 0 Å². The summed E-state index contributed by atoms with van der Waals surface area (Å²) in [6, 6.07) is 34.3. The summed E-state index contributed by atoms with van der Waals surface area (Å²) in [5.41, 5.74) is 4.50. The summed E-state index contributed by atoms with van der Waals surface area (Å²) in [7, 11) is 6.65. The van der Waals surface area contributed by atoms with Crippen LogP contribution in [0.3, 0.4) is 0 Å². The maximum absolute atomic E-state index is 5.56. The molecule has 0 aliphatic carbocycles. The van der Waals surface area contributed by atoms with E-state index in [0.717, 1.165) is 22.6 Å². The fraction of sp³-hybridized carbons (Fsp3) is 0.0909. The van der Waals surface area contributed by atoms with Gasteiger partial charge in [-0.3, -0.25) is 0 Å². The van der Waals surface area contributed by atoms with Gasteiger partial charge in [0.25, 0.3) is 0 Å². The number of hydrogen-bond donors (Lipinski definition) is 0. The van der Waals surface area contributed by atoms with Crippen molar-refractivity contribution in [2.24, 2.45) is 0 Å². The number of thiophene rings is 6. The van der Waals surface area contributed by atoms with Crippen molar-refractivity contribution in [2.45, 2.75) is 0 Å². The van der Waals surface area contributed by atoms with Crippen molar-refractivity contribution in [2.75, 3.05) is 28.4 Å². The Hall–Kier alpha value is -4.68. The maximum atomic E-state index is 5.56. The summed E-state index contributed by atoms with van der Waals surface area (Å²) < 4.78 is 22.0. The molecule has 0 radical (unpaired) electrons. The normalized spacial score (nSPS) is 11.6. The fourth-order valence-corrected chi connectivity index (χ4v) is 12.3. The SMILES string of the molecule is COc1ccc(/C=C/c2cc(-c3cccs3)sc2-c2ccc(-c3ccc(-c4sc(-c5cccs5)cc4/C=C/c4ccc(OC)c(OC)c4)s3)s2)cc1OC. The van der Waals surface area contributed by atoms with Crippen LogP contribution in [-0.2, 0) is 0 Å². The van der Waals surface area contributed by atoms with Crippen molar-refractivity contribution < 1.29 is 18.9 Å². The Bertz CT molecular complexity index is 2380. The molecule has 0 saturated carbocycles. The average Bonchev–Trinajstić information content (AvgIpc) is 4.06. The van der Waals surface area contributed by atoms with Crippen molar-refractivity contribution in [1.29, 1.82) is 0 Å². The third kappa shape index (κ3) is 7.63. The Morgan fingerprint density at radius 1 is 0.370 bits per heavy atom. The number of hydrogen-bond acceptors (Lipinski definition) is 10. The molecule has 0 fully saturated rings. The minimum atomic E-state index is 0.717. The van der Waals surface area contributed by atoms with Crippen LogP contribution in [0.2, 0.25) is 0 Å². The van der Waals surface area contributed by atoms with Gasteiger partial charge in [-0.2, -0.15) is 0 Å². The summed E-state index contributed by atoms with van der Waals surface area (Å²) in [5.74, 6) is 2.87. The molecular formula is C44H34O4S6. The zero-order chi connectivity index (χ0) is 37.0. The molecule has 6 heterocycles. The van der Waals surface area contributed by atoms with Crippen LogP contribution in [0.5, 0.6) is 23.0 Å². The fourth-order valence-electron chi connectivity index (χ4n) is 5.99. The van der Waals surface area contributed by atoms with E-state index in [2.05, 4.69) is 108 Å². The van der Waals surface area contributed by atoms with Gasteiger partial charge in [0, 0.05) is 39.0 Å². The molecule has 0 saturated heterocycles. The predicted octanol–water partition coefficient (Wildman–Crippen LogP) is 14.8. The van der Waals surface area contributed by atoms with Crippen LogP contribution in [0.1, 0.15) is 22.3 Å². The zero-order valence-corrected chi connectivity index (χ0v) is 34.7. The van der Waals surface area contributed by atoms with E-state index in [-0.39, 0.29) is 0 Å². The highest BCUT2D eigenvalue weighted by molar-refractivity contribution is 7.30. The number of methoxy groups -OCH3 is 4. The molecule has 0 N–H and O–H groups in total. The van der Waals surface area contributed by atoms with Gasteiger partial charge in [-0.05, 0) is 106 Å². The lowest BCUT2D eigenvalue weighted by Crippen LogP contribution is -1.90. The van der Waals surface area contributed by atoms with Gasteiger partial charge in [-0.15, -0.1) is 68.0 Å². The molecule has 8 aromatic rings. The van der Waals surface area contributed by atoms with Crippen LogP contribution < -0.4 is 18.9 Å². The van der Waals surface area contributed by atoms with Gasteiger partial charge in [0.2, 0.25) is 0 Å². The summed E-state index contributed by atoms with van der Waals surface area (Å²) in [6.07, 6.45) is 8.72. The first kappa shape index (κ1) is 36.3. The highest BCUT2D eigenvalue weighted by Crippen LogP contribution is 2.48. The lowest BCUT2D eigenvalue weighted by molar-refractivity contribution is 0.355. The number of ether oxygens (including phenoxy) is 4. The van der Waals surface area contributed by atoms with Crippen molar-refractivity contribution in [3.63, 3.8) is 0 Å². The van der Waals surface area contributed by atoms with Crippen LogP contribution >= 0.6 is 68.0 Å². The third-order valence-corrected chi connectivity index (χ3v) is 15.8. The Morgan fingerprint density at radius 2 is 0.796 bits per heavy atom. The second-order valence-electron chi connectivity index (χ2n) is 12.0. The Kier molecular flexibility index (Phi) is 11.0. The summed E-state index contributed by atoms with van der Waals surface area (Å²) in [4.78, 5) is 12.7. The second-order valence-corrected chi connectivity index (χ2v) is 18.1. The molecule has 0 aliphatic rings. The highest BCUT2D eigenvalue weighted by Gasteiger charge is 2.18. The molecule has 0 spiro atoms. The van der Waals surface area contributed by atoms with Gasteiger partial charge >= 0.3 is 0 Å². The van der Waals surface area contributed by atoms with Crippen LogP contribution in [0.4, 0.5) is 0 Å². The largest absolute Gasteiger partial charge is 0.493 e. The van der Waals surface area contributed by atoms with Crippen LogP contribution in [0.25, 0.3) is 73.1 Å².